The minimum atomic E-state index is -1.43. The van der Waals surface area contributed by atoms with Gasteiger partial charge in [0.2, 0.25) is 0 Å². The lowest BCUT2D eigenvalue weighted by Gasteiger charge is -2.08. The quantitative estimate of drug-likeness (QED) is 0.369. The van der Waals surface area contributed by atoms with Crippen LogP contribution in [-0.2, 0) is 4.74 Å². The molecule has 0 aromatic heterocycles. The van der Waals surface area contributed by atoms with Gasteiger partial charge < -0.3 is 4.74 Å². The van der Waals surface area contributed by atoms with Crippen LogP contribution < -0.4 is 0 Å². The van der Waals surface area contributed by atoms with Gasteiger partial charge in [-0.2, -0.15) is 0 Å². The molecule has 96 valence electrons. The van der Waals surface area contributed by atoms with Crippen molar-refractivity contribution in [2.24, 2.45) is 0 Å². The van der Waals surface area contributed by atoms with E-state index in [2.05, 4.69) is 43.7 Å². The molecule has 4 heteroatoms. The van der Waals surface area contributed by atoms with Gasteiger partial charge in [0.05, 0.1) is 12.7 Å². The highest BCUT2D eigenvalue weighted by Crippen LogP contribution is 2.20. The first-order valence-electron chi connectivity index (χ1n) is 5.69. The summed E-state index contributed by atoms with van der Waals surface area (Å²) in [6.45, 7) is 8.38. The molecule has 0 spiro atoms. The predicted molar refractivity (Wildman–Crippen MR) is 80.0 cm³/mol. The van der Waals surface area contributed by atoms with E-state index in [9.17, 15) is 4.79 Å². The van der Waals surface area contributed by atoms with Gasteiger partial charge in [0.25, 0.3) is 0 Å². The SMILES string of the molecule is COC(=O)c1cc(C#C[Si](C)(C)C)cc(S)c1C. The van der Waals surface area contributed by atoms with Gasteiger partial charge in [-0.25, -0.2) is 4.79 Å². The van der Waals surface area contributed by atoms with Crippen LogP contribution in [0.1, 0.15) is 21.5 Å². The summed E-state index contributed by atoms with van der Waals surface area (Å²) in [5.41, 5.74) is 5.44. The number of hydrogen-bond acceptors (Lipinski definition) is 3. The fourth-order valence-electron chi connectivity index (χ4n) is 1.35. The van der Waals surface area contributed by atoms with Crippen LogP contribution in [0, 0.1) is 18.4 Å². The molecule has 0 amide bonds. The Morgan fingerprint density at radius 1 is 1.33 bits per heavy atom. The summed E-state index contributed by atoms with van der Waals surface area (Å²) in [6.07, 6.45) is 0. The monoisotopic (exact) mass is 278 g/mol. The van der Waals surface area contributed by atoms with E-state index >= 15 is 0 Å². The molecule has 0 aliphatic heterocycles. The fourth-order valence-corrected chi connectivity index (χ4v) is 2.13. The number of esters is 1. The van der Waals surface area contributed by atoms with E-state index in [4.69, 9.17) is 4.74 Å². The molecule has 0 aliphatic rings. The van der Waals surface area contributed by atoms with Crippen LogP contribution in [0.15, 0.2) is 17.0 Å². The van der Waals surface area contributed by atoms with E-state index in [-0.39, 0.29) is 5.97 Å². The molecular weight excluding hydrogens is 260 g/mol. The first kappa shape index (κ1) is 14.9. The van der Waals surface area contributed by atoms with Gasteiger partial charge in [-0.15, -0.1) is 18.2 Å². The molecule has 0 aliphatic carbocycles. The zero-order valence-corrected chi connectivity index (χ0v) is 13.3. The van der Waals surface area contributed by atoms with E-state index in [1.54, 1.807) is 6.07 Å². The molecule has 0 atom stereocenters. The normalized spacial score (nSPS) is 10.6. The minimum Gasteiger partial charge on any atom is -0.465 e. The van der Waals surface area contributed by atoms with Crippen LogP contribution >= 0.6 is 12.6 Å². The van der Waals surface area contributed by atoms with Crippen molar-refractivity contribution < 1.29 is 9.53 Å². The van der Waals surface area contributed by atoms with E-state index in [0.717, 1.165) is 16.0 Å². The Kier molecular flexibility index (Phi) is 4.66. The van der Waals surface area contributed by atoms with Gasteiger partial charge in [-0.1, -0.05) is 25.6 Å². The van der Waals surface area contributed by atoms with E-state index < -0.39 is 8.07 Å². The number of rotatable bonds is 1. The summed E-state index contributed by atoms with van der Waals surface area (Å²) in [5, 5.41) is 0. The molecule has 0 unspecified atom stereocenters. The highest BCUT2D eigenvalue weighted by atomic mass is 32.1. The van der Waals surface area contributed by atoms with Crippen molar-refractivity contribution in [3.63, 3.8) is 0 Å². The van der Waals surface area contributed by atoms with Crippen LogP contribution in [0.4, 0.5) is 0 Å². The molecule has 0 heterocycles. The van der Waals surface area contributed by atoms with E-state index in [1.807, 2.05) is 13.0 Å². The third-order valence-corrected chi connectivity index (χ3v) is 3.71. The van der Waals surface area contributed by atoms with Crippen molar-refractivity contribution in [2.75, 3.05) is 7.11 Å². The Balaban J connectivity index is 3.28. The van der Waals surface area contributed by atoms with Crippen molar-refractivity contribution in [3.8, 4) is 11.5 Å². The standard InChI is InChI=1S/C14H18O2SSi/c1-10-12(14(15)16-2)8-11(9-13(10)17)6-7-18(3,4)5/h8-9,17H,1-5H3. The Bertz CT molecular complexity index is 533. The summed E-state index contributed by atoms with van der Waals surface area (Å²) in [6, 6.07) is 3.66. The third-order valence-electron chi connectivity index (χ3n) is 2.37. The molecule has 0 fully saturated rings. The van der Waals surface area contributed by atoms with Crippen molar-refractivity contribution in [1.82, 2.24) is 0 Å². The maximum atomic E-state index is 11.6. The summed E-state index contributed by atoms with van der Waals surface area (Å²) in [4.78, 5) is 12.4. The third kappa shape index (κ3) is 3.93. The summed E-state index contributed by atoms with van der Waals surface area (Å²) in [5.74, 6) is 2.78. The fraction of sp³-hybridized carbons (Fsp3) is 0.357. The van der Waals surface area contributed by atoms with Gasteiger partial charge in [0.15, 0.2) is 0 Å². The van der Waals surface area contributed by atoms with Crippen LogP contribution in [-0.4, -0.2) is 21.2 Å². The van der Waals surface area contributed by atoms with Gasteiger partial charge in [-0.05, 0) is 24.6 Å². The summed E-state index contributed by atoms with van der Waals surface area (Å²) < 4.78 is 4.76. The second-order valence-corrected chi connectivity index (χ2v) is 10.4. The van der Waals surface area contributed by atoms with Crippen LogP contribution in [0.2, 0.25) is 19.6 Å². The Hall–Kier alpha value is -1.18. The molecule has 0 N–H and O–H groups in total. The highest BCUT2D eigenvalue weighted by Gasteiger charge is 2.13. The van der Waals surface area contributed by atoms with E-state index in [0.29, 0.717) is 5.56 Å². The average Bonchev–Trinajstić information content (AvgIpc) is 2.28. The first-order chi connectivity index (χ1) is 8.24. The van der Waals surface area contributed by atoms with Crippen molar-refractivity contribution in [1.29, 1.82) is 0 Å². The second-order valence-electron chi connectivity index (χ2n) is 5.16. The van der Waals surface area contributed by atoms with Crippen LogP contribution in [0.25, 0.3) is 0 Å². The zero-order chi connectivity index (χ0) is 13.9. The van der Waals surface area contributed by atoms with Crippen molar-refractivity contribution in [3.05, 3.63) is 28.8 Å². The topological polar surface area (TPSA) is 26.3 Å². The van der Waals surface area contributed by atoms with Gasteiger partial charge in [0, 0.05) is 10.5 Å². The molecule has 0 bridgehead atoms. The maximum absolute atomic E-state index is 11.6. The molecule has 18 heavy (non-hydrogen) atoms. The van der Waals surface area contributed by atoms with Gasteiger partial charge >= 0.3 is 5.97 Å². The predicted octanol–water partition coefficient (Wildman–Crippen LogP) is 3.30. The molecule has 1 rings (SSSR count). The molecule has 2 nitrogen and oxygen atoms in total. The zero-order valence-electron chi connectivity index (χ0n) is 11.4. The number of thiol groups is 1. The van der Waals surface area contributed by atoms with Crippen LogP contribution in [0.3, 0.4) is 0 Å². The second kappa shape index (κ2) is 5.64. The first-order valence-corrected chi connectivity index (χ1v) is 9.64. The van der Waals surface area contributed by atoms with Crippen LogP contribution in [0.5, 0.6) is 0 Å². The largest absolute Gasteiger partial charge is 0.465 e. The van der Waals surface area contributed by atoms with E-state index in [1.165, 1.54) is 7.11 Å². The summed E-state index contributed by atoms with van der Waals surface area (Å²) >= 11 is 4.37. The lowest BCUT2D eigenvalue weighted by Crippen LogP contribution is -2.16. The number of methoxy groups -OCH3 is 1. The Labute approximate surface area is 115 Å². The average molecular weight is 278 g/mol. The number of benzene rings is 1. The molecule has 0 saturated heterocycles. The lowest BCUT2D eigenvalue weighted by atomic mass is 10.1. The van der Waals surface area contributed by atoms with Gasteiger partial charge in [0.1, 0.15) is 8.07 Å². The molecule has 0 radical (unpaired) electrons. The lowest BCUT2D eigenvalue weighted by molar-refractivity contribution is 0.0599. The smallest absolute Gasteiger partial charge is 0.338 e. The van der Waals surface area contributed by atoms with Crippen molar-refractivity contribution in [2.45, 2.75) is 31.5 Å². The molecular formula is C14H18O2SSi. The van der Waals surface area contributed by atoms with Gasteiger partial charge in [-0.3, -0.25) is 0 Å². The number of carbonyl (C=O) groups excluding carboxylic acids is 1. The Morgan fingerprint density at radius 3 is 2.44 bits per heavy atom. The number of ether oxygens (including phenoxy) is 1. The van der Waals surface area contributed by atoms with Crippen molar-refractivity contribution >= 4 is 26.7 Å². The molecule has 1 aromatic rings. The maximum Gasteiger partial charge on any atom is 0.338 e. The highest BCUT2D eigenvalue weighted by molar-refractivity contribution is 7.80. The molecule has 0 saturated carbocycles. The number of carbonyl (C=O) groups is 1. The number of hydrogen-bond donors (Lipinski definition) is 1. The summed E-state index contributed by atoms with van der Waals surface area (Å²) in [7, 11) is -0.0507. The molecule has 1 aromatic carbocycles. The minimum absolute atomic E-state index is 0.348. The Morgan fingerprint density at radius 2 is 1.94 bits per heavy atom.